The number of benzene rings is 4. The highest BCUT2D eigenvalue weighted by molar-refractivity contribution is 5.88. The van der Waals surface area contributed by atoms with Crippen LogP contribution in [0.5, 0.6) is 40.2 Å². The van der Waals surface area contributed by atoms with Crippen molar-refractivity contribution in [2.45, 2.75) is 0 Å². The third-order valence-electron chi connectivity index (χ3n) is 6.03. The lowest BCUT2D eigenvalue weighted by atomic mass is 10.1. The predicted molar refractivity (Wildman–Crippen MR) is 155 cm³/mol. The minimum Gasteiger partial charge on any atom is -0.508 e. The lowest BCUT2D eigenvalue weighted by Crippen LogP contribution is -2.02. The number of aromatic hydroxyl groups is 7. The molecular formula is C30H24O13. The van der Waals surface area contributed by atoms with Gasteiger partial charge in [0.05, 0.1) is 0 Å². The largest absolute Gasteiger partial charge is 0.508 e. The highest BCUT2D eigenvalue weighted by Crippen LogP contribution is 2.37. The summed E-state index contributed by atoms with van der Waals surface area (Å²) < 4.78 is 10.9. The van der Waals surface area contributed by atoms with Crippen molar-refractivity contribution < 1.29 is 55.5 Å². The molecule has 0 saturated heterocycles. The van der Waals surface area contributed by atoms with E-state index in [-0.39, 0.29) is 72.6 Å². The summed E-state index contributed by atoms with van der Waals surface area (Å²) in [5.41, 5.74) is -0.329. The number of hydrogen-bond acceptors (Lipinski definition) is 11. The van der Waals surface area contributed by atoms with Gasteiger partial charge >= 0.3 is 0 Å². The van der Waals surface area contributed by atoms with Crippen LogP contribution in [0.3, 0.4) is 0 Å². The van der Waals surface area contributed by atoms with Gasteiger partial charge in [-0.3, -0.25) is 9.59 Å². The van der Waals surface area contributed by atoms with E-state index in [4.69, 9.17) is 8.83 Å². The molecule has 13 heteroatoms. The standard InChI is InChI=1S/C15H10O7.C15H10O4.2H2O/c16-7-4-10(19)12-11(5-7)22-15(14(21)13(12)20)6-1-2-8(17)9(18)3-6;16-10-6-11(17)15-12(18)8-13(19-14(15)7-10)9-4-2-1-3-5-9;;/h1-5,16-19,21H;1-8,16-17H;2*1H2. The molecule has 43 heavy (non-hydrogen) atoms. The lowest BCUT2D eigenvalue weighted by Gasteiger charge is -2.08. The Balaban J connectivity index is 0.000000227. The monoisotopic (exact) mass is 592 g/mol. The summed E-state index contributed by atoms with van der Waals surface area (Å²) in [5.74, 6) is -2.77. The molecule has 2 aromatic heterocycles. The van der Waals surface area contributed by atoms with Crippen LogP contribution in [0.1, 0.15) is 0 Å². The summed E-state index contributed by atoms with van der Waals surface area (Å²) in [6.07, 6.45) is 0. The molecular weight excluding hydrogens is 568 g/mol. The normalized spacial score (nSPS) is 10.3. The van der Waals surface area contributed by atoms with Crippen LogP contribution < -0.4 is 10.9 Å². The third kappa shape index (κ3) is 5.97. The molecule has 0 amide bonds. The van der Waals surface area contributed by atoms with E-state index in [1.807, 2.05) is 30.3 Å². The van der Waals surface area contributed by atoms with Crippen molar-refractivity contribution in [2.24, 2.45) is 0 Å². The Kier molecular flexibility index (Phi) is 8.85. The van der Waals surface area contributed by atoms with Gasteiger partial charge in [-0.25, -0.2) is 0 Å². The lowest BCUT2D eigenvalue weighted by molar-refractivity contribution is 0.403. The van der Waals surface area contributed by atoms with E-state index >= 15 is 0 Å². The van der Waals surface area contributed by atoms with E-state index in [0.717, 1.165) is 35.9 Å². The number of phenols is 6. The average Bonchev–Trinajstić information content (AvgIpc) is 2.92. The van der Waals surface area contributed by atoms with Gasteiger partial charge in [0.15, 0.2) is 22.7 Å². The zero-order chi connectivity index (χ0) is 29.4. The molecule has 4 aromatic carbocycles. The van der Waals surface area contributed by atoms with Gasteiger partial charge in [-0.15, -0.1) is 0 Å². The molecule has 0 aliphatic carbocycles. The van der Waals surface area contributed by atoms with E-state index < -0.39 is 22.7 Å². The van der Waals surface area contributed by atoms with Gasteiger partial charge in [0.2, 0.25) is 11.2 Å². The van der Waals surface area contributed by atoms with Crippen molar-refractivity contribution >= 4 is 21.9 Å². The van der Waals surface area contributed by atoms with Crippen molar-refractivity contribution in [2.75, 3.05) is 0 Å². The molecule has 0 radical (unpaired) electrons. The minimum atomic E-state index is -0.888. The van der Waals surface area contributed by atoms with Crippen LogP contribution in [-0.4, -0.2) is 46.7 Å². The molecule has 0 saturated carbocycles. The first-order valence-electron chi connectivity index (χ1n) is 11.8. The van der Waals surface area contributed by atoms with Gasteiger partial charge in [0.1, 0.15) is 50.7 Å². The summed E-state index contributed by atoms with van der Waals surface area (Å²) in [6, 6.07) is 18.5. The van der Waals surface area contributed by atoms with Crippen molar-refractivity contribution in [3.05, 3.63) is 99.3 Å². The van der Waals surface area contributed by atoms with Gasteiger partial charge in [-0.1, -0.05) is 30.3 Å². The van der Waals surface area contributed by atoms with Gasteiger partial charge < -0.3 is 55.5 Å². The second-order valence-corrected chi connectivity index (χ2v) is 8.83. The first-order valence-corrected chi connectivity index (χ1v) is 11.8. The first kappa shape index (κ1) is 31.3. The topological polar surface area (TPSA) is 265 Å². The second-order valence-electron chi connectivity index (χ2n) is 8.83. The Bertz CT molecular complexity index is 2060. The van der Waals surface area contributed by atoms with E-state index in [9.17, 15) is 45.3 Å². The van der Waals surface area contributed by atoms with Crippen molar-refractivity contribution in [3.8, 4) is 62.9 Å². The maximum Gasteiger partial charge on any atom is 0.238 e. The predicted octanol–water partition coefficient (Wildman–Crippen LogP) is 3.21. The number of rotatable bonds is 2. The zero-order valence-corrected chi connectivity index (χ0v) is 21.8. The van der Waals surface area contributed by atoms with E-state index in [1.165, 1.54) is 18.2 Å². The van der Waals surface area contributed by atoms with Gasteiger partial charge in [0, 0.05) is 41.5 Å². The summed E-state index contributed by atoms with van der Waals surface area (Å²) in [7, 11) is 0. The molecule has 222 valence electrons. The molecule has 0 aliphatic heterocycles. The average molecular weight is 593 g/mol. The van der Waals surface area contributed by atoms with Crippen LogP contribution >= 0.6 is 0 Å². The zero-order valence-electron chi connectivity index (χ0n) is 21.8. The molecule has 6 rings (SSSR count). The summed E-state index contributed by atoms with van der Waals surface area (Å²) in [4.78, 5) is 24.1. The molecule has 0 atom stereocenters. The summed E-state index contributed by atoms with van der Waals surface area (Å²) in [6.45, 7) is 0. The minimum absolute atomic E-state index is 0. The third-order valence-corrected chi connectivity index (χ3v) is 6.03. The molecule has 2 heterocycles. The fourth-order valence-electron chi connectivity index (χ4n) is 4.13. The van der Waals surface area contributed by atoms with E-state index in [1.54, 1.807) is 0 Å². The Morgan fingerprint density at radius 2 is 1.09 bits per heavy atom. The van der Waals surface area contributed by atoms with Gasteiger partial charge in [-0.2, -0.15) is 0 Å². The fourth-order valence-corrected chi connectivity index (χ4v) is 4.13. The number of phenolic OH excluding ortho intramolecular Hbond substituents is 6. The Labute approximate surface area is 239 Å². The van der Waals surface area contributed by atoms with Crippen LogP contribution in [-0.2, 0) is 0 Å². The van der Waals surface area contributed by atoms with Crippen LogP contribution in [0.15, 0.2) is 97.3 Å². The fraction of sp³-hybridized carbons (Fsp3) is 0. The first-order chi connectivity index (χ1) is 19.5. The molecule has 11 N–H and O–H groups in total. The SMILES string of the molecule is O.O.O=c1c(O)c(-c2ccc(O)c(O)c2)oc2cc(O)cc(O)c12.O=c1cc(-c2ccccc2)oc2cc(O)cc(O)c12. The van der Waals surface area contributed by atoms with Crippen molar-refractivity contribution in [1.29, 1.82) is 0 Å². The van der Waals surface area contributed by atoms with Crippen molar-refractivity contribution in [1.82, 2.24) is 0 Å². The maximum absolute atomic E-state index is 12.1. The highest BCUT2D eigenvalue weighted by Gasteiger charge is 2.19. The van der Waals surface area contributed by atoms with E-state index in [2.05, 4.69) is 0 Å². The Morgan fingerprint density at radius 1 is 0.512 bits per heavy atom. The van der Waals surface area contributed by atoms with Crippen LogP contribution in [0, 0.1) is 0 Å². The van der Waals surface area contributed by atoms with Crippen molar-refractivity contribution in [3.63, 3.8) is 0 Å². The van der Waals surface area contributed by atoms with E-state index in [0.29, 0.717) is 5.76 Å². The smallest absolute Gasteiger partial charge is 0.238 e. The van der Waals surface area contributed by atoms with Crippen LogP contribution in [0.4, 0.5) is 0 Å². The van der Waals surface area contributed by atoms with Crippen LogP contribution in [0.25, 0.3) is 44.6 Å². The summed E-state index contributed by atoms with van der Waals surface area (Å²) in [5, 5.41) is 66.8. The summed E-state index contributed by atoms with van der Waals surface area (Å²) >= 11 is 0. The second kappa shape index (κ2) is 12.1. The number of hydrogen-bond donors (Lipinski definition) is 7. The highest BCUT2D eigenvalue weighted by atomic mass is 16.4. The molecule has 0 fully saturated rings. The van der Waals surface area contributed by atoms with Gasteiger partial charge in [-0.05, 0) is 18.2 Å². The maximum atomic E-state index is 12.1. The number of fused-ring (bicyclic) bond motifs is 2. The Hall–Kier alpha value is -6.18. The molecule has 0 spiro atoms. The quantitative estimate of drug-likeness (QED) is 0.143. The molecule has 0 bridgehead atoms. The van der Waals surface area contributed by atoms with Crippen LogP contribution in [0.2, 0.25) is 0 Å². The Morgan fingerprint density at radius 3 is 1.70 bits per heavy atom. The van der Waals surface area contributed by atoms with Gasteiger partial charge in [0.25, 0.3) is 0 Å². The molecule has 6 aromatic rings. The molecule has 0 aliphatic rings. The molecule has 13 nitrogen and oxygen atoms in total. The molecule has 0 unspecified atom stereocenters.